The third kappa shape index (κ3) is 2.18. The molecule has 1 rings (SSSR count). The van der Waals surface area contributed by atoms with Crippen LogP contribution in [0.25, 0.3) is 0 Å². The highest BCUT2D eigenvalue weighted by Crippen LogP contribution is 2.21. The van der Waals surface area contributed by atoms with Gasteiger partial charge in [-0.1, -0.05) is 20.8 Å². The molecule has 0 aliphatic heterocycles. The predicted molar refractivity (Wildman–Crippen MR) is 60.3 cm³/mol. The van der Waals surface area contributed by atoms with Crippen molar-refractivity contribution in [3.63, 3.8) is 0 Å². The fraction of sp³-hybridized carbons (Fsp3) is 0.385. The normalized spacial score (nSPS) is 10.6. The molecule has 2 nitrogen and oxygen atoms in total. The lowest BCUT2D eigenvalue weighted by molar-refractivity contribution is 0.0933. The summed E-state index contributed by atoms with van der Waals surface area (Å²) < 4.78 is 13.5. The molecule has 16 heavy (non-hydrogen) atoms. The number of carbonyl (C=O) groups excluding carboxylic acids is 2. The summed E-state index contributed by atoms with van der Waals surface area (Å²) in [7, 11) is 0. The molecule has 0 amide bonds. The summed E-state index contributed by atoms with van der Waals surface area (Å²) in [6.07, 6.45) is 1.01. The number of carbonyl (C=O) groups is 2. The number of rotatable bonds is 4. The van der Waals surface area contributed by atoms with E-state index in [0.717, 1.165) is 0 Å². The lowest BCUT2D eigenvalue weighted by Gasteiger charge is -2.12. The maximum atomic E-state index is 13.5. The minimum Gasteiger partial charge on any atom is -0.298 e. The van der Waals surface area contributed by atoms with E-state index in [9.17, 15) is 14.0 Å². The van der Waals surface area contributed by atoms with Crippen molar-refractivity contribution < 1.29 is 14.0 Å². The molecule has 0 bridgehead atoms. The first-order valence-corrected chi connectivity index (χ1v) is 5.33. The van der Waals surface area contributed by atoms with Gasteiger partial charge in [-0.25, -0.2) is 4.39 Å². The number of benzene rings is 1. The smallest absolute Gasteiger partial charge is 0.166 e. The Bertz CT molecular complexity index is 422. The molecule has 1 aromatic rings. The Morgan fingerprint density at radius 2 is 2.06 bits per heavy atom. The quantitative estimate of drug-likeness (QED) is 0.579. The molecule has 0 saturated heterocycles. The molecule has 0 aliphatic carbocycles. The van der Waals surface area contributed by atoms with E-state index in [4.69, 9.17) is 0 Å². The molecule has 0 saturated carbocycles. The second-order valence-electron chi connectivity index (χ2n) is 3.98. The summed E-state index contributed by atoms with van der Waals surface area (Å²) in [5.41, 5.74) is 0.854. The van der Waals surface area contributed by atoms with Gasteiger partial charge in [-0.3, -0.25) is 9.59 Å². The third-order valence-electron chi connectivity index (χ3n) is 2.54. The minimum atomic E-state index is -0.419. The van der Waals surface area contributed by atoms with Gasteiger partial charge in [-0.05, 0) is 24.1 Å². The second kappa shape index (κ2) is 5.01. The molecular weight excluding hydrogens is 207 g/mol. The van der Waals surface area contributed by atoms with Crippen LogP contribution in [-0.2, 0) is 6.42 Å². The molecule has 0 N–H and O–H groups in total. The largest absolute Gasteiger partial charge is 0.298 e. The van der Waals surface area contributed by atoms with Gasteiger partial charge in [0, 0.05) is 17.0 Å². The van der Waals surface area contributed by atoms with Crippen molar-refractivity contribution in [2.45, 2.75) is 27.2 Å². The number of hydrogen-bond donors (Lipinski definition) is 0. The Kier molecular flexibility index (Phi) is 3.93. The van der Waals surface area contributed by atoms with Crippen LogP contribution in [0.5, 0.6) is 0 Å². The molecule has 0 aromatic heterocycles. The molecule has 0 heterocycles. The molecule has 0 radical (unpaired) electrons. The summed E-state index contributed by atoms with van der Waals surface area (Å²) >= 11 is 0. The summed E-state index contributed by atoms with van der Waals surface area (Å²) in [5.74, 6) is -0.846. The van der Waals surface area contributed by atoms with Crippen molar-refractivity contribution in [1.29, 1.82) is 0 Å². The van der Waals surface area contributed by atoms with E-state index in [0.29, 0.717) is 18.3 Å². The molecule has 0 aliphatic rings. The van der Waals surface area contributed by atoms with Crippen LogP contribution >= 0.6 is 0 Å². The highest BCUT2D eigenvalue weighted by Gasteiger charge is 2.20. The standard InChI is InChI=1S/C13H15FO2/c1-4-10-11(14)6-5-9(7-15)12(10)13(16)8(2)3/h5-8H,4H2,1-3H3. The van der Waals surface area contributed by atoms with Gasteiger partial charge >= 0.3 is 0 Å². The Labute approximate surface area is 94.5 Å². The topological polar surface area (TPSA) is 34.1 Å². The zero-order valence-electron chi connectivity index (χ0n) is 9.71. The average Bonchev–Trinajstić information content (AvgIpc) is 2.27. The van der Waals surface area contributed by atoms with Crippen LogP contribution in [-0.4, -0.2) is 12.1 Å². The van der Waals surface area contributed by atoms with Crippen LogP contribution in [0.4, 0.5) is 4.39 Å². The van der Waals surface area contributed by atoms with Gasteiger partial charge in [0.05, 0.1) is 0 Å². The van der Waals surface area contributed by atoms with Crippen LogP contribution in [0.2, 0.25) is 0 Å². The monoisotopic (exact) mass is 222 g/mol. The minimum absolute atomic E-state index is 0.182. The first kappa shape index (κ1) is 12.6. The SMILES string of the molecule is CCc1c(F)ccc(C=O)c1C(=O)C(C)C. The predicted octanol–water partition coefficient (Wildman–Crippen LogP) is 3.04. The summed E-state index contributed by atoms with van der Waals surface area (Å²) in [5, 5.41) is 0. The molecule has 3 heteroatoms. The van der Waals surface area contributed by atoms with Crippen LogP contribution in [0.1, 0.15) is 47.1 Å². The van der Waals surface area contributed by atoms with Crippen LogP contribution in [0, 0.1) is 11.7 Å². The van der Waals surface area contributed by atoms with Gasteiger partial charge < -0.3 is 0 Å². The molecule has 0 unspecified atom stereocenters. The van der Waals surface area contributed by atoms with E-state index in [1.807, 2.05) is 0 Å². The number of Topliss-reactive ketones (excluding diaryl/α,β-unsaturated/α-hetero) is 1. The van der Waals surface area contributed by atoms with Crippen LogP contribution < -0.4 is 0 Å². The van der Waals surface area contributed by atoms with Gasteiger partial charge in [0.1, 0.15) is 5.82 Å². The van der Waals surface area contributed by atoms with E-state index in [1.165, 1.54) is 12.1 Å². The van der Waals surface area contributed by atoms with Gasteiger partial charge in [-0.2, -0.15) is 0 Å². The zero-order valence-corrected chi connectivity index (χ0v) is 9.71. The van der Waals surface area contributed by atoms with Crippen molar-refractivity contribution in [2.24, 2.45) is 5.92 Å². The maximum Gasteiger partial charge on any atom is 0.166 e. The van der Waals surface area contributed by atoms with Crippen molar-refractivity contribution in [3.05, 3.63) is 34.6 Å². The Balaban J connectivity index is 3.48. The molecule has 1 aromatic carbocycles. The summed E-state index contributed by atoms with van der Waals surface area (Å²) in [6.45, 7) is 5.24. The number of ketones is 1. The first-order valence-electron chi connectivity index (χ1n) is 5.33. The number of halogens is 1. The Morgan fingerprint density at radius 3 is 2.50 bits per heavy atom. The maximum absolute atomic E-state index is 13.5. The fourth-order valence-corrected chi connectivity index (χ4v) is 1.66. The summed E-state index contributed by atoms with van der Waals surface area (Å²) in [4.78, 5) is 22.8. The van der Waals surface area contributed by atoms with E-state index < -0.39 is 5.82 Å². The summed E-state index contributed by atoms with van der Waals surface area (Å²) in [6, 6.07) is 2.59. The highest BCUT2D eigenvalue weighted by molar-refractivity contribution is 6.05. The molecule has 0 fully saturated rings. The lowest BCUT2D eigenvalue weighted by atomic mass is 9.91. The van der Waals surface area contributed by atoms with Crippen molar-refractivity contribution in [3.8, 4) is 0 Å². The van der Waals surface area contributed by atoms with Crippen LogP contribution in [0.15, 0.2) is 12.1 Å². The van der Waals surface area contributed by atoms with Crippen molar-refractivity contribution in [1.82, 2.24) is 0 Å². The molecule has 0 atom stereocenters. The third-order valence-corrected chi connectivity index (χ3v) is 2.54. The Morgan fingerprint density at radius 1 is 1.44 bits per heavy atom. The average molecular weight is 222 g/mol. The second-order valence-corrected chi connectivity index (χ2v) is 3.98. The highest BCUT2D eigenvalue weighted by atomic mass is 19.1. The van der Waals surface area contributed by atoms with E-state index in [1.54, 1.807) is 20.8 Å². The van der Waals surface area contributed by atoms with E-state index >= 15 is 0 Å². The first-order chi connectivity index (χ1) is 7.52. The van der Waals surface area contributed by atoms with Crippen molar-refractivity contribution >= 4 is 12.1 Å². The van der Waals surface area contributed by atoms with E-state index in [2.05, 4.69) is 0 Å². The number of aldehydes is 1. The molecule has 86 valence electrons. The van der Waals surface area contributed by atoms with Gasteiger partial charge in [0.2, 0.25) is 0 Å². The van der Waals surface area contributed by atoms with Crippen LogP contribution in [0.3, 0.4) is 0 Å². The molecule has 0 spiro atoms. The Hall–Kier alpha value is -1.51. The van der Waals surface area contributed by atoms with Gasteiger partial charge in [0.25, 0.3) is 0 Å². The zero-order chi connectivity index (χ0) is 12.3. The number of hydrogen-bond acceptors (Lipinski definition) is 2. The van der Waals surface area contributed by atoms with Gasteiger partial charge in [0.15, 0.2) is 12.1 Å². The van der Waals surface area contributed by atoms with E-state index in [-0.39, 0.29) is 22.8 Å². The van der Waals surface area contributed by atoms with Crippen molar-refractivity contribution in [2.75, 3.05) is 0 Å². The fourth-order valence-electron chi connectivity index (χ4n) is 1.66. The lowest BCUT2D eigenvalue weighted by Crippen LogP contribution is -2.14. The van der Waals surface area contributed by atoms with Gasteiger partial charge in [-0.15, -0.1) is 0 Å². The molecular formula is C13H15FO2.